The quantitative estimate of drug-likeness (QED) is 0.911. The molecule has 0 unspecified atom stereocenters. The lowest BCUT2D eigenvalue weighted by Crippen LogP contribution is -2.21. The van der Waals surface area contributed by atoms with E-state index in [-0.39, 0.29) is 6.01 Å². The van der Waals surface area contributed by atoms with Crippen molar-refractivity contribution in [2.45, 2.75) is 26.4 Å². The normalized spacial score (nSPS) is 10.7. The molecular formula is C13H15ClN4O. The first kappa shape index (κ1) is 13.7. The monoisotopic (exact) mass is 278 g/mol. The van der Waals surface area contributed by atoms with Crippen molar-refractivity contribution < 1.29 is 4.74 Å². The molecule has 19 heavy (non-hydrogen) atoms. The summed E-state index contributed by atoms with van der Waals surface area (Å²) in [5, 5.41) is 3.80. The topological polar surface area (TPSA) is 59.9 Å². The second-order valence-electron chi connectivity index (χ2n) is 4.35. The van der Waals surface area contributed by atoms with Crippen LogP contribution in [0.5, 0.6) is 11.8 Å². The van der Waals surface area contributed by atoms with Gasteiger partial charge >= 0.3 is 6.01 Å². The van der Waals surface area contributed by atoms with E-state index in [4.69, 9.17) is 16.3 Å². The highest BCUT2D eigenvalue weighted by atomic mass is 35.5. The van der Waals surface area contributed by atoms with Gasteiger partial charge in [-0.1, -0.05) is 25.4 Å². The maximum absolute atomic E-state index is 5.82. The van der Waals surface area contributed by atoms with Gasteiger partial charge < -0.3 is 10.1 Å². The molecule has 0 aliphatic carbocycles. The summed E-state index contributed by atoms with van der Waals surface area (Å²) in [5.41, 5.74) is 1.00. The highest BCUT2D eigenvalue weighted by molar-refractivity contribution is 6.30. The summed E-state index contributed by atoms with van der Waals surface area (Å²) >= 11 is 5.82. The maximum atomic E-state index is 5.82. The molecule has 2 rings (SSSR count). The molecule has 2 aromatic heterocycles. The zero-order valence-corrected chi connectivity index (χ0v) is 11.6. The van der Waals surface area contributed by atoms with Crippen LogP contribution in [-0.2, 0) is 6.54 Å². The van der Waals surface area contributed by atoms with Crippen molar-refractivity contribution in [2.24, 2.45) is 0 Å². The maximum Gasteiger partial charge on any atom is 0.321 e. The van der Waals surface area contributed by atoms with Crippen molar-refractivity contribution in [1.82, 2.24) is 20.3 Å². The predicted octanol–water partition coefficient (Wildman–Crippen LogP) is 2.82. The third kappa shape index (κ3) is 4.46. The number of rotatable bonds is 5. The van der Waals surface area contributed by atoms with Crippen LogP contribution >= 0.6 is 11.6 Å². The van der Waals surface area contributed by atoms with Gasteiger partial charge in [0, 0.05) is 42.8 Å². The molecule has 0 aromatic carbocycles. The molecule has 100 valence electrons. The van der Waals surface area contributed by atoms with E-state index in [9.17, 15) is 0 Å². The van der Waals surface area contributed by atoms with Crippen LogP contribution in [0.15, 0.2) is 30.9 Å². The molecule has 6 heteroatoms. The first-order chi connectivity index (χ1) is 9.13. The van der Waals surface area contributed by atoms with Gasteiger partial charge in [-0.3, -0.25) is 4.98 Å². The number of hydrogen-bond acceptors (Lipinski definition) is 5. The van der Waals surface area contributed by atoms with Gasteiger partial charge in [0.2, 0.25) is 0 Å². The van der Waals surface area contributed by atoms with E-state index in [1.807, 2.05) is 0 Å². The minimum absolute atomic E-state index is 0.275. The fraction of sp³-hybridized carbons (Fsp3) is 0.308. The molecule has 0 amide bonds. The van der Waals surface area contributed by atoms with Crippen LogP contribution in [-0.4, -0.2) is 21.0 Å². The highest BCUT2D eigenvalue weighted by Gasteiger charge is 2.02. The van der Waals surface area contributed by atoms with Crippen LogP contribution < -0.4 is 10.1 Å². The van der Waals surface area contributed by atoms with Crippen molar-refractivity contribution in [2.75, 3.05) is 0 Å². The molecule has 0 spiro atoms. The molecule has 0 radical (unpaired) electrons. The molecule has 2 aromatic rings. The summed E-state index contributed by atoms with van der Waals surface area (Å²) < 4.78 is 5.45. The number of ether oxygens (including phenoxy) is 1. The fourth-order valence-electron chi connectivity index (χ4n) is 1.36. The number of aromatic nitrogens is 3. The number of halogens is 1. The van der Waals surface area contributed by atoms with Crippen LogP contribution in [0.25, 0.3) is 0 Å². The van der Waals surface area contributed by atoms with Crippen molar-refractivity contribution in [3.8, 4) is 11.8 Å². The Morgan fingerprint density at radius 2 is 1.95 bits per heavy atom. The number of hydrogen-bond donors (Lipinski definition) is 1. The molecule has 0 atom stereocenters. The zero-order valence-electron chi connectivity index (χ0n) is 10.8. The van der Waals surface area contributed by atoms with Crippen LogP contribution in [0, 0.1) is 0 Å². The molecule has 0 bridgehead atoms. The molecule has 5 nitrogen and oxygen atoms in total. The summed E-state index contributed by atoms with van der Waals surface area (Å²) in [4.78, 5) is 12.2. The molecule has 0 aliphatic rings. The van der Waals surface area contributed by atoms with E-state index in [2.05, 4.69) is 34.1 Å². The predicted molar refractivity (Wildman–Crippen MR) is 73.3 cm³/mol. The van der Waals surface area contributed by atoms with Gasteiger partial charge in [0.05, 0.1) is 11.2 Å². The minimum Gasteiger partial charge on any atom is -0.423 e. The minimum atomic E-state index is 0.275. The van der Waals surface area contributed by atoms with Gasteiger partial charge in [0.25, 0.3) is 0 Å². The van der Waals surface area contributed by atoms with Crippen molar-refractivity contribution in [3.63, 3.8) is 0 Å². The third-order valence-corrected chi connectivity index (χ3v) is 2.49. The van der Waals surface area contributed by atoms with Gasteiger partial charge in [-0.15, -0.1) is 0 Å². The Labute approximate surface area is 117 Å². The van der Waals surface area contributed by atoms with Gasteiger partial charge in [0.15, 0.2) is 5.75 Å². The molecule has 0 aliphatic heterocycles. The van der Waals surface area contributed by atoms with Crippen LogP contribution in [0.1, 0.15) is 19.4 Å². The molecule has 0 saturated carbocycles. The van der Waals surface area contributed by atoms with E-state index in [1.165, 1.54) is 6.20 Å². The Bertz CT molecular complexity index is 530. The molecular weight excluding hydrogens is 264 g/mol. The van der Waals surface area contributed by atoms with Gasteiger partial charge in [-0.05, 0) is 0 Å². The lowest BCUT2D eigenvalue weighted by atomic mass is 10.3. The van der Waals surface area contributed by atoms with E-state index in [0.717, 1.165) is 12.1 Å². The van der Waals surface area contributed by atoms with Gasteiger partial charge in [-0.2, -0.15) is 0 Å². The highest BCUT2D eigenvalue weighted by Crippen LogP contribution is 2.19. The average Bonchev–Trinajstić information content (AvgIpc) is 2.38. The summed E-state index contributed by atoms with van der Waals surface area (Å²) in [6, 6.07) is 2.36. The van der Waals surface area contributed by atoms with Crippen LogP contribution in [0.3, 0.4) is 0 Å². The van der Waals surface area contributed by atoms with Gasteiger partial charge in [0.1, 0.15) is 0 Å². The van der Waals surface area contributed by atoms with Crippen molar-refractivity contribution in [1.29, 1.82) is 0 Å². The molecule has 0 saturated heterocycles. The lowest BCUT2D eigenvalue weighted by Gasteiger charge is -2.08. The van der Waals surface area contributed by atoms with E-state index in [1.54, 1.807) is 24.7 Å². The standard InChI is InChI=1S/C13H15ClN4O/c1-9(2)16-4-10-5-17-13(18-6-10)19-12-3-11(14)7-15-8-12/h3,5-9,16H,4H2,1-2H3. The van der Waals surface area contributed by atoms with E-state index in [0.29, 0.717) is 16.8 Å². The lowest BCUT2D eigenvalue weighted by molar-refractivity contribution is 0.438. The fourth-order valence-corrected chi connectivity index (χ4v) is 1.53. The Hall–Kier alpha value is -1.72. The largest absolute Gasteiger partial charge is 0.423 e. The third-order valence-electron chi connectivity index (χ3n) is 2.28. The van der Waals surface area contributed by atoms with Crippen LogP contribution in [0.2, 0.25) is 5.02 Å². The number of nitrogens with one attached hydrogen (secondary N) is 1. The Balaban J connectivity index is 1.98. The average molecular weight is 279 g/mol. The molecule has 0 fully saturated rings. The van der Waals surface area contributed by atoms with Crippen molar-refractivity contribution in [3.05, 3.63) is 41.4 Å². The summed E-state index contributed by atoms with van der Waals surface area (Å²) in [5.74, 6) is 0.514. The SMILES string of the molecule is CC(C)NCc1cnc(Oc2cncc(Cl)c2)nc1. The summed E-state index contributed by atoms with van der Waals surface area (Å²) in [6.07, 6.45) is 6.56. The second-order valence-corrected chi connectivity index (χ2v) is 4.79. The Morgan fingerprint density at radius 3 is 2.58 bits per heavy atom. The van der Waals surface area contributed by atoms with Crippen LogP contribution in [0.4, 0.5) is 0 Å². The van der Waals surface area contributed by atoms with E-state index < -0.39 is 0 Å². The summed E-state index contributed by atoms with van der Waals surface area (Å²) in [6.45, 7) is 4.91. The first-order valence-corrected chi connectivity index (χ1v) is 6.34. The Kier molecular flexibility index (Phi) is 4.65. The number of nitrogens with zero attached hydrogens (tertiary/aromatic N) is 3. The van der Waals surface area contributed by atoms with E-state index >= 15 is 0 Å². The zero-order chi connectivity index (χ0) is 13.7. The summed E-state index contributed by atoms with van der Waals surface area (Å²) in [7, 11) is 0. The number of pyridine rings is 1. The first-order valence-electron chi connectivity index (χ1n) is 5.96. The van der Waals surface area contributed by atoms with Crippen molar-refractivity contribution >= 4 is 11.6 Å². The Morgan fingerprint density at radius 1 is 1.21 bits per heavy atom. The molecule has 1 N–H and O–H groups in total. The second kappa shape index (κ2) is 6.45. The smallest absolute Gasteiger partial charge is 0.321 e. The van der Waals surface area contributed by atoms with Gasteiger partial charge in [-0.25, -0.2) is 9.97 Å². The molecule has 2 heterocycles.